The van der Waals surface area contributed by atoms with Gasteiger partial charge in [-0.25, -0.2) is 0 Å². The van der Waals surface area contributed by atoms with Crippen LogP contribution in [-0.4, -0.2) is 4.57 Å². The fourth-order valence-electron chi connectivity index (χ4n) is 9.33. The molecule has 61 heavy (non-hydrogen) atoms. The summed E-state index contributed by atoms with van der Waals surface area (Å²) in [5.41, 5.74) is 15.5. The number of para-hydroxylation sites is 4. The van der Waals surface area contributed by atoms with Crippen molar-refractivity contribution >= 4 is 71.6 Å². The van der Waals surface area contributed by atoms with Gasteiger partial charge in [0.05, 0.1) is 16.7 Å². The van der Waals surface area contributed by atoms with Gasteiger partial charge in [0.15, 0.2) is 0 Å². The van der Waals surface area contributed by atoms with Crippen LogP contribution in [-0.2, 0) is 0 Å². The van der Waals surface area contributed by atoms with Gasteiger partial charge < -0.3 is 13.9 Å². The van der Waals surface area contributed by atoms with Crippen molar-refractivity contribution in [2.45, 2.75) is 0 Å². The van der Waals surface area contributed by atoms with Crippen LogP contribution in [0.5, 0.6) is 0 Å². The number of rotatable bonds is 7. The first kappa shape index (κ1) is 34.9. The summed E-state index contributed by atoms with van der Waals surface area (Å²) < 4.78 is 8.76. The van der Waals surface area contributed by atoms with Gasteiger partial charge in [-0.1, -0.05) is 158 Å². The van der Waals surface area contributed by atoms with E-state index in [1.54, 1.807) is 0 Å². The minimum atomic E-state index is 0.881. The van der Waals surface area contributed by atoms with Gasteiger partial charge >= 0.3 is 0 Å². The highest BCUT2D eigenvalue weighted by atomic mass is 16.3. The number of nitrogens with zero attached hydrogens (tertiary/aromatic N) is 2. The van der Waals surface area contributed by atoms with Gasteiger partial charge in [0.1, 0.15) is 11.2 Å². The Balaban J connectivity index is 0.972. The number of furan rings is 1. The maximum atomic E-state index is 6.38. The first-order valence-corrected chi connectivity index (χ1v) is 20.8. The van der Waals surface area contributed by atoms with Crippen molar-refractivity contribution in [1.29, 1.82) is 0 Å². The highest BCUT2D eigenvalue weighted by Gasteiger charge is 2.19. The number of anilines is 3. The predicted molar refractivity (Wildman–Crippen MR) is 257 cm³/mol. The van der Waals surface area contributed by atoms with E-state index in [9.17, 15) is 0 Å². The second-order valence-electron chi connectivity index (χ2n) is 15.7. The van der Waals surface area contributed by atoms with E-state index in [2.05, 4.69) is 228 Å². The van der Waals surface area contributed by atoms with Crippen LogP contribution in [0, 0.1) is 0 Å². The first-order chi connectivity index (χ1) is 30.2. The molecule has 0 fully saturated rings. The molecule has 12 rings (SSSR count). The zero-order valence-electron chi connectivity index (χ0n) is 33.2. The molecule has 0 amide bonds. The van der Waals surface area contributed by atoms with E-state index in [0.29, 0.717) is 0 Å². The number of benzene rings is 10. The molecule has 0 bridgehead atoms. The highest BCUT2D eigenvalue weighted by Crippen LogP contribution is 2.44. The van der Waals surface area contributed by atoms with Gasteiger partial charge in [0.25, 0.3) is 0 Å². The van der Waals surface area contributed by atoms with Crippen LogP contribution in [0.4, 0.5) is 17.1 Å². The van der Waals surface area contributed by atoms with Crippen molar-refractivity contribution < 1.29 is 4.42 Å². The quantitative estimate of drug-likeness (QED) is 0.161. The van der Waals surface area contributed by atoms with Gasteiger partial charge in [-0.3, -0.25) is 0 Å². The maximum absolute atomic E-state index is 6.38. The molecule has 0 N–H and O–H groups in total. The summed E-state index contributed by atoms with van der Waals surface area (Å²) in [5, 5.41) is 7.26. The summed E-state index contributed by atoms with van der Waals surface area (Å²) in [6, 6.07) is 82.9. The molecule has 12 aromatic rings. The molecular weight excluding hydrogens is 741 g/mol. The molecule has 0 spiro atoms. The second kappa shape index (κ2) is 14.3. The van der Waals surface area contributed by atoms with Gasteiger partial charge in [0.2, 0.25) is 0 Å². The summed E-state index contributed by atoms with van der Waals surface area (Å²) >= 11 is 0. The Morgan fingerprint density at radius 1 is 0.328 bits per heavy atom. The van der Waals surface area contributed by atoms with E-state index in [0.717, 1.165) is 66.9 Å². The topological polar surface area (TPSA) is 21.3 Å². The minimum absolute atomic E-state index is 0.881. The Kier molecular flexibility index (Phi) is 8.17. The SMILES string of the molecule is c1cc(-c2ccc(N(c3ccc(-c4cccc5ccccc45)cc3)c3ccccc3-c3ccc4c(c3)oc3ccccc34)cc2)cc(-n2c3ccccc3c3ccccc32)c1. The zero-order valence-corrected chi connectivity index (χ0v) is 33.2. The summed E-state index contributed by atoms with van der Waals surface area (Å²) in [6.45, 7) is 0. The summed E-state index contributed by atoms with van der Waals surface area (Å²) in [5.74, 6) is 0. The molecule has 3 nitrogen and oxygen atoms in total. The monoisotopic (exact) mass is 778 g/mol. The van der Waals surface area contributed by atoms with E-state index in [1.807, 2.05) is 12.1 Å². The largest absolute Gasteiger partial charge is 0.456 e. The molecular formula is C58H38N2O. The minimum Gasteiger partial charge on any atom is -0.456 e. The molecule has 2 heterocycles. The van der Waals surface area contributed by atoms with Crippen molar-refractivity contribution in [1.82, 2.24) is 4.57 Å². The van der Waals surface area contributed by atoms with Crippen LogP contribution in [0.1, 0.15) is 0 Å². The normalized spacial score (nSPS) is 11.6. The molecule has 2 aromatic heterocycles. The third-order valence-electron chi connectivity index (χ3n) is 12.2. The lowest BCUT2D eigenvalue weighted by molar-refractivity contribution is 0.669. The van der Waals surface area contributed by atoms with Gasteiger partial charge in [-0.15, -0.1) is 0 Å². The number of hydrogen-bond acceptors (Lipinski definition) is 2. The summed E-state index contributed by atoms with van der Waals surface area (Å²) in [6.07, 6.45) is 0. The number of aromatic nitrogens is 1. The number of fused-ring (bicyclic) bond motifs is 7. The van der Waals surface area contributed by atoms with Crippen LogP contribution in [0.25, 0.3) is 93.6 Å². The van der Waals surface area contributed by atoms with Gasteiger partial charge in [0, 0.05) is 44.2 Å². The van der Waals surface area contributed by atoms with E-state index >= 15 is 0 Å². The van der Waals surface area contributed by atoms with Crippen LogP contribution in [0.3, 0.4) is 0 Å². The lowest BCUT2D eigenvalue weighted by Gasteiger charge is -2.28. The Labute approximate surface area is 353 Å². The highest BCUT2D eigenvalue weighted by molar-refractivity contribution is 6.09. The lowest BCUT2D eigenvalue weighted by Crippen LogP contribution is -2.11. The molecule has 0 aliphatic rings. The molecule has 10 aromatic carbocycles. The first-order valence-electron chi connectivity index (χ1n) is 20.8. The third-order valence-corrected chi connectivity index (χ3v) is 12.2. The van der Waals surface area contributed by atoms with E-state index in [1.165, 1.54) is 43.7 Å². The fourth-order valence-corrected chi connectivity index (χ4v) is 9.33. The van der Waals surface area contributed by atoms with Gasteiger partial charge in [-0.2, -0.15) is 0 Å². The molecule has 286 valence electrons. The standard InChI is InChI=1S/C58H38N2O/c1-2-17-47-40(13-1)14-12-22-48(47)41-29-34-45(35-30-41)59(54-23-7-3-18-49(54)43-31-36-53-52-21-6-10-26-57(52)61-58(53)38-43)44-32-27-39(28-33-44)42-15-11-16-46(37-42)60-55-24-8-4-19-50(55)51-20-5-9-25-56(51)60/h1-38H. The second-order valence-corrected chi connectivity index (χ2v) is 15.7. The lowest BCUT2D eigenvalue weighted by atomic mass is 9.97. The number of hydrogen-bond donors (Lipinski definition) is 0. The van der Waals surface area contributed by atoms with Crippen LogP contribution < -0.4 is 4.90 Å². The molecule has 0 aliphatic carbocycles. The molecule has 0 atom stereocenters. The Hall–Kier alpha value is -8.14. The van der Waals surface area contributed by atoms with Crippen molar-refractivity contribution in [3.8, 4) is 39.1 Å². The molecule has 0 saturated heterocycles. The average molecular weight is 779 g/mol. The molecule has 0 unspecified atom stereocenters. The Morgan fingerprint density at radius 2 is 0.885 bits per heavy atom. The van der Waals surface area contributed by atoms with Crippen LogP contribution in [0.15, 0.2) is 235 Å². The Morgan fingerprint density at radius 3 is 1.66 bits per heavy atom. The molecule has 0 aliphatic heterocycles. The predicted octanol–water partition coefficient (Wildman–Crippen LogP) is 16.3. The van der Waals surface area contributed by atoms with E-state index < -0.39 is 0 Å². The molecule has 3 heteroatoms. The van der Waals surface area contributed by atoms with Gasteiger partial charge in [-0.05, 0) is 111 Å². The van der Waals surface area contributed by atoms with Crippen molar-refractivity contribution in [3.05, 3.63) is 231 Å². The molecule has 0 radical (unpaired) electrons. The van der Waals surface area contributed by atoms with E-state index in [4.69, 9.17) is 4.42 Å². The smallest absolute Gasteiger partial charge is 0.136 e. The van der Waals surface area contributed by atoms with E-state index in [-0.39, 0.29) is 0 Å². The van der Waals surface area contributed by atoms with Crippen molar-refractivity contribution in [3.63, 3.8) is 0 Å². The zero-order chi connectivity index (χ0) is 40.3. The summed E-state index contributed by atoms with van der Waals surface area (Å²) in [4.78, 5) is 2.38. The maximum Gasteiger partial charge on any atom is 0.136 e. The van der Waals surface area contributed by atoms with Crippen LogP contribution >= 0.6 is 0 Å². The van der Waals surface area contributed by atoms with Crippen molar-refractivity contribution in [2.75, 3.05) is 4.90 Å². The fraction of sp³-hybridized carbons (Fsp3) is 0. The summed E-state index contributed by atoms with van der Waals surface area (Å²) in [7, 11) is 0. The van der Waals surface area contributed by atoms with Crippen molar-refractivity contribution in [2.24, 2.45) is 0 Å². The Bertz CT molecular complexity index is 3530. The van der Waals surface area contributed by atoms with Crippen LogP contribution in [0.2, 0.25) is 0 Å². The molecule has 0 saturated carbocycles. The average Bonchev–Trinajstić information content (AvgIpc) is 3.88. The third kappa shape index (κ3) is 5.90.